The van der Waals surface area contributed by atoms with E-state index in [0.717, 1.165) is 6.07 Å². The smallest absolute Gasteiger partial charge is 0.264 e. The van der Waals surface area contributed by atoms with Gasteiger partial charge in [-0.3, -0.25) is 9.59 Å². The zero-order valence-corrected chi connectivity index (χ0v) is 18.5. The first-order valence-electron chi connectivity index (χ1n) is 10.4. The molecule has 8 heteroatoms. The molecule has 3 aromatic rings. The van der Waals surface area contributed by atoms with E-state index in [1.807, 2.05) is 6.92 Å². The molecule has 0 radical (unpaired) electrons. The number of anilines is 1. The van der Waals surface area contributed by atoms with Crippen molar-refractivity contribution in [2.24, 2.45) is 0 Å². The second-order valence-electron chi connectivity index (χ2n) is 7.73. The van der Waals surface area contributed by atoms with Gasteiger partial charge in [-0.15, -0.1) is 0 Å². The van der Waals surface area contributed by atoms with Crippen LogP contribution in [0.4, 0.5) is 14.5 Å². The van der Waals surface area contributed by atoms with E-state index in [2.05, 4.69) is 5.32 Å². The van der Waals surface area contributed by atoms with Crippen LogP contribution in [0.15, 0.2) is 60.7 Å². The zero-order valence-electron chi connectivity index (χ0n) is 17.8. The summed E-state index contributed by atoms with van der Waals surface area (Å²) >= 11 is 6.18. The quantitative estimate of drug-likeness (QED) is 0.530. The Morgan fingerprint density at radius 2 is 1.91 bits per heavy atom. The van der Waals surface area contributed by atoms with E-state index in [9.17, 15) is 18.4 Å². The van der Waals surface area contributed by atoms with Crippen LogP contribution in [-0.4, -0.2) is 22.8 Å². The van der Waals surface area contributed by atoms with E-state index < -0.39 is 23.6 Å². The standard InChI is InChI=1S/C25H21ClF2N2O3/c1-2-22-25(32)30(13-16-6-7-19(28)12-21(16)26)14-17-11-20(8-9-23(17)33-22)29-24(31)15-4-3-5-18(27)10-15/h3-12,22H,2,13-14H2,1H3,(H,29,31). The first kappa shape index (κ1) is 22.7. The molecule has 1 unspecified atom stereocenters. The highest BCUT2D eigenvalue weighted by molar-refractivity contribution is 6.31. The van der Waals surface area contributed by atoms with Gasteiger partial charge in [0.05, 0.1) is 0 Å². The van der Waals surface area contributed by atoms with E-state index in [-0.39, 0.29) is 29.6 Å². The lowest BCUT2D eigenvalue weighted by atomic mass is 10.1. The van der Waals surface area contributed by atoms with Crippen LogP contribution in [0.5, 0.6) is 5.75 Å². The maximum Gasteiger partial charge on any atom is 0.264 e. The molecular weight excluding hydrogens is 450 g/mol. The second-order valence-corrected chi connectivity index (χ2v) is 8.14. The molecule has 170 valence electrons. The predicted octanol–water partition coefficient (Wildman–Crippen LogP) is 5.57. The largest absolute Gasteiger partial charge is 0.480 e. The topological polar surface area (TPSA) is 58.6 Å². The molecule has 0 aromatic heterocycles. The summed E-state index contributed by atoms with van der Waals surface area (Å²) in [7, 11) is 0. The third kappa shape index (κ3) is 5.14. The number of amides is 2. The summed E-state index contributed by atoms with van der Waals surface area (Å²) in [5.41, 5.74) is 1.97. The molecule has 0 spiro atoms. The Kier molecular flexibility index (Phi) is 6.60. The number of benzene rings is 3. The molecule has 0 aliphatic carbocycles. The molecule has 0 fully saturated rings. The first-order chi connectivity index (χ1) is 15.8. The fraction of sp³-hybridized carbons (Fsp3) is 0.200. The van der Waals surface area contributed by atoms with Gasteiger partial charge in [-0.05, 0) is 60.5 Å². The SMILES string of the molecule is CCC1Oc2ccc(NC(=O)c3cccc(F)c3)cc2CN(Cc2ccc(F)cc2Cl)C1=O. The van der Waals surface area contributed by atoms with Crippen molar-refractivity contribution in [2.45, 2.75) is 32.5 Å². The maximum absolute atomic E-state index is 13.5. The summed E-state index contributed by atoms with van der Waals surface area (Å²) in [6, 6.07) is 14.5. The number of nitrogens with one attached hydrogen (secondary N) is 1. The fourth-order valence-electron chi connectivity index (χ4n) is 3.67. The number of hydrogen-bond acceptors (Lipinski definition) is 3. The average Bonchev–Trinajstić information content (AvgIpc) is 2.91. The van der Waals surface area contributed by atoms with Gasteiger partial charge in [0.15, 0.2) is 6.10 Å². The lowest BCUT2D eigenvalue weighted by molar-refractivity contribution is -0.139. The summed E-state index contributed by atoms with van der Waals surface area (Å²) in [5.74, 6) is -1.09. The minimum absolute atomic E-state index is 0.178. The van der Waals surface area contributed by atoms with Crippen LogP contribution in [0.2, 0.25) is 5.02 Å². The molecule has 0 saturated heterocycles. The molecular formula is C25H21ClF2N2O3. The second kappa shape index (κ2) is 9.58. The molecule has 0 bridgehead atoms. The van der Waals surface area contributed by atoms with Crippen LogP contribution < -0.4 is 10.1 Å². The molecule has 4 rings (SSSR count). The molecule has 33 heavy (non-hydrogen) atoms. The highest BCUT2D eigenvalue weighted by atomic mass is 35.5. The summed E-state index contributed by atoms with van der Waals surface area (Å²) < 4.78 is 32.8. The number of carbonyl (C=O) groups excluding carboxylic acids is 2. The molecule has 1 aliphatic rings. The van der Waals surface area contributed by atoms with E-state index in [1.165, 1.54) is 30.3 Å². The predicted molar refractivity (Wildman–Crippen MR) is 121 cm³/mol. The van der Waals surface area contributed by atoms with Gasteiger partial charge in [-0.1, -0.05) is 30.7 Å². The van der Waals surface area contributed by atoms with Crippen LogP contribution in [0, 0.1) is 11.6 Å². The first-order valence-corrected chi connectivity index (χ1v) is 10.8. The number of ether oxygens (including phenoxy) is 1. The van der Waals surface area contributed by atoms with Crippen molar-refractivity contribution in [3.8, 4) is 5.75 Å². The van der Waals surface area contributed by atoms with Gasteiger partial charge >= 0.3 is 0 Å². The van der Waals surface area contributed by atoms with Crippen LogP contribution >= 0.6 is 11.6 Å². The van der Waals surface area contributed by atoms with Crippen molar-refractivity contribution in [1.82, 2.24) is 4.90 Å². The normalized spacial score (nSPS) is 15.5. The summed E-state index contributed by atoms with van der Waals surface area (Å²) in [6.07, 6.45) is -0.220. The van der Waals surface area contributed by atoms with Crippen LogP contribution in [-0.2, 0) is 17.9 Å². The average molecular weight is 471 g/mol. The number of rotatable bonds is 5. The zero-order chi connectivity index (χ0) is 23.5. The number of fused-ring (bicyclic) bond motifs is 1. The Morgan fingerprint density at radius 1 is 1.12 bits per heavy atom. The highest BCUT2D eigenvalue weighted by Crippen LogP contribution is 2.31. The molecule has 0 saturated carbocycles. The molecule has 5 nitrogen and oxygen atoms in total. The van der Waals surface area contributed by atoms with Crippen molar-refractivity contribution in [3.05, 3.63) is 94.0 Å². The van der Waals surface area contributed by atoms with Gasteiger partial charge in [0.2, 0.25) is 0 Å². The van der Waals surface area contributed by atoms with Gasteiger partial charge in [-0.2, -0.15) is 0 Å². The molecule has 3 aromatic carbocycles. The number of nitrogens with zero attached hydrogens (tertiary/aromatic N) is 1. The van der Waals surface area contributed by atoms with E-state index in [0.29, 0.717) is 29.0 Å². The van der Waals surface area contributed by atoms with E-state index >= 15 is 0 Å². The minimum Gasteiger partial charge on any atom is -0.480 e. The van der Waals surface area contributed by atoms with E-state index in [4.69, 9.17) is 16.3 Å². The summed E-state index contributed by atoms with van der Waals surface area (Å²) in [5, 5.41) is 2.98. The Morgan fingerprint density at radius 3 is 2.64 bits per heavy atom. The molecule has 2 amide bonds. The van der Waals surface area contributed by atoms with Crippen LogP contribution in [0.1, 0.15) is 34.8 Å². The van der Waals surface area contributed by atoms with Crippen LogP contribution in [0.25, 0.3) is 0 Å². The van der Waals surface area contributed by atoms with Crippen molar-refractivity contribution >= 4 is 29.1 Å². The lowest BCUT2D eigenvalue weighted by Crippen LogP contribution is -2.38. The number of hydrogen-bond donors (Lipinski definition) is 1. The third-order valence-electron chi connectivity index (χ3n) is 5.37. The molecule has 1 aliphatic heterocycles. The summed E-state index contributed by atoms with van der Waals surface area (Å²) in [4.78, 5) is 27.2. The fourth-order valence-corrected chi connectivity index (χ4v) is 3.89. The van der Waals surface area contributed by atoms with Gasteiger partial charge < -0.3 is 15.0 Å². The Balaban J connectivity index is 1.60. The van der Waals surface area contributed by atoms with Gasteiger partial charge in [0.25, 0.3) is 11.8 Å². The number of carbonyl (C=O) groups is 2. The molecule has 1 atom stereocenters. The van der Waals surface area contributed by atoms with Crippen molar-refractivity contribution < 1.29 is 23.1 Å². The Labute approximate surface area is 194 Å². The number of halogens is 3. The molecule has 1 N–H and O–H groups in total. The van der Waals surface area contributed by atoms with Crippen LogP contribution in [0.3, 0.4) is 0 Å². The molecule has 1 heterocycles. The third-order valence-corrected chi connectivity index (χ3v) is 5.72. The highest BCUT2D eigenvalue weighted by Gasteiger charge is 2.30. The van der Waals surface area contributed by atoms with Crippen molar-refractivity contribution in [1.29, 1.82) is 0 Å². The maximum atomic E-state index is 13.5. The van der Waals surface area contributed by atoms with Gasteiger partial charge in [-0.25, -0.2) is 8.78 Å². The van der Waals surface area contributed by atoms with Crippen molar-refractivity contribution in [2.75, 3.05) is 5.32 Å². The lowest BCUT2D eigenvalue weighted by Gasteiger charge is -2.23. The monoisotopic (exact) mass is 470 g/mol. The van der Waals surface area contributed by atoms with Gasteiger partial charge in [0, 0.05) is 34.9 Å². The Bertz CT molecular complexity index is 1220. The van der Waals surface area contributed by atoms with Crippen molar-refractivity contribution in [3.63, 3.8) is 0 Å². The van der Waals surface area contributed by atoms with E-state index in [1.54, 1.807) is 29.2 Å². The summed E-state index contributed by atoms with van der Waals surface area (Å²) in [6.45, 7) is 2.24. The minimum atomic E-state index is -0.682. The van der Waals surface area contributed by atoms with Gasteiger partial charge in [0.1, 0.15) is 17.4 Å². The Hall–Kier alpha value is -3.45.